The van der Waals surface area contributed by atoms with Crippen LogP contribution < -0.4 is 16.2 Å². The van der Waals surface area contributed by atoms with E-state index < -0.39 is 0 Å². The Balaban J connectivity index is 1.23. The molecule has 3 heterocycles. The van der Waals surface area contributed by atoms with Gasteiger partial charge in [-0.1, -0.05) is 18.2 Å². The van der Waals surface area contributed by atoms with Crippen LogP contribution in [-0.4, -0.2) is 42.1 Å². The van der Waals surface area contributed by atoms with E-state index in [0.29, 0.717) is 12.0 Å². The number of hydrazine groups is 1. The summed E-state index contributed by atoms with van der Waals surface area (Å²) in [6.07, 6.45) is 4.20. The monoisotopic (exact) mass is 369 g/mol. The van der Waals surface area contributed by atoms with Crippen molar-refractivity contribution < 1.29 is 4.39 Å². The van der Waals surface area contributed by atoms with E-state index in [0.717, 1.165) is 44.0 Å². The normalized spacial score (nSPS) is 24.3. The smallest absolute Gasteiger partial charge is 0.123 e. The minimum atomic E-state index is -0.183. The summed E-state index contributed by atoms with van der Waals surface area (Å²) in [5, 5.41) is 3.76. The predicted octanol–water partition coefficient (Wildman–Crippen LogP) is 2.24. The first-order chi connectivity index (χ1) is 13.3. The van der Waals surface area contributed by atoms with Crippen LogP contribution in [0.4, 0.5) is 4.39 Å². The molecule has 2 aliphatic rings. The van der Waals surface area contributed by atoms with Crippen LogP contribution in [0.5, 0.6) is 0 Å². The van der Waals surface area contributed by atoms with Gasteiger partial charge in [0.1, 0.15) is 5.82 Å². The zero-order valence-electron chi connectivity index (χ0n) is 15.6. The third kappa shape index (κ3) is 4.90. The summed E-state index contributed by atoms with van der Waals surface area (Å²) in [6.45, 7) is 5.05. The van der Waals surface area contributed by atoms with Crippen molar-refractivity contribution in [2.24, 2.45) is 5.92 Å². The molecule has 0 spiro atoms. The van der Waals surface area contributed by atoms with Crippen LogP contribution in [0.3, 0.4) is 0 Å². The van der Waals surface area contributed by atoms with Gasteiger partial charge in [-0.15, -0.1) is 0 Å². The van der Waals surface area contributed by atoms with E-state index in [9.17, 15) is 4.39 Å². The van der Waals surface area contributed by atoms with E-state index in [1.54, 1.807) is 0 Å². The van der Waals surface area contributed by atoms with Crippen molar-refractivity contribution >= 4 is 0 Å². The molecule has 1 aromatic carbocycles. The van der Waals surface area contributed by atoms with Gasteiger partial charge in [-0.3, -0.25) is 15.3 Å². The lowest BCUT2D eigenvalue weighted by atomic mass is 9.94. The number of halogens is 1. The van der Waals surface area contributed by atoms with Crippen LogP contribution in [-0.2, 0) is 6.54 Å². The molecule has 0 aliphatic carbocycles. The Hall–Kier alpha value is -1.86. The van der Waals surface area contributed by atoms with Gasteiger partial charge in [-0.25, -0.2) is 9.82 Å². The molecular weight excluding hydrogens is 341 g/mol. The first kappa shape index (κ1) is 18.5. The van der Waals surface area contributed by atoms with Crippen molar-refractivity contribution in [3.8, 4) is 0 Å². The highest BCUT2D eigenvalue weighted by Gasteiger charge is 2.29. The lowest BCUT2D eigenvalue weighted by Crippen LogP contribution is -2.44. The first-order valence-corrected chi connectivity index (χ1v) is 9.87. The lowest BCUT2D eigenvalue weighted by Gasteiger charge is -2.33. The van der Waals surface area contributed by atoms with Crippen molar-refractivity contribution in [2.75, 3.05) is 26.2 Å². The maximum Gasteiger partial charge on any atom is 0.123 e. The van der Waals surface area contributed by atoms with Crippen molar-refractivity contribution in [1.29, 1.82) is 0 Å². The average molecular weight is 369 g/mol. The number of nitrogens with one attached hydrogen (secondary N) is 3. The summed E-state index contributed by atoms with van der Waals surface area (Å²) in [5.74, 6) is 0.277. The Bertz CT molecular complexity index is 700. The zero-order chi connectivity index (χ0) is 18.5. The fourth-order valence-electron chi connectivity index (χ4n) is 4.09. The Labute approximate surface area is 160 Å². The number of nitrogens with zero attached hydrogens (tertiary/aromatic N) is 2. The molecule has 0 radical (unpaired) electrons. The molecule has 2 fully saturated rings. The third-order valence-electron chi connectivity index (χ3n) is 5.69. The summed E-state index contributed by atoms with van der Waals surface area (Å²) >= 11 is 0. The summed E-state index contributed by atoms with van der Waals surface area (Å²) < 4.78 is 13.2. The topological polar surface area (TPSA) is 52.2 Å². The maximum absolute atomic E-state index is 13.2. The zero-order valence-corrected chi connectivity index (χ0v) is 15.6. The van der Waals surface area contributed by atoms with Gasteiger partial charge >= 0.3 is 0 Å². The number of pyridine rings is 1. The van der Waals surface area contributed by atoms with Crippen LogP contribution in [0.15, 0.2) is 48.7 Å². The second-order valence-electron chi connectivity index (χ2n) is 7.59. The van der Waals surface area contributed by atoms with Crippen LogP contribution >= 0.6 is 0 Å². The molecule has 0 bridgehead atoms. The van der Waals surface area contributed by atoms with E-state index in [-0.39, 0.29) is 11.9 Å². The molecule has 2 unspecified atom stereocenters. The van der Waals surface area contributed by atoms with Crippen molar-refractivity contribution in [2.45, 2.75) is 31.5 Å². The third-order valence-corrected chi connectivity index (χ3v) is 5.69. The molecular formula is C21H28FN5. The van der Waals surface area contributed by atoms with Gasteiger partial charge in [-0.05, 0) is 42.7 Å². The molecule has 2 aliphatic heterocycles. The molecule has 3 N–H and O–H groups in total. The summed E-state index contributed by atoms with van der Waals surface area (Å²) in [7, 11) is 0. The fourth-order valence-corrected chi connectivity index (χ4v) is 4.09. The first-order valence-electron chi connectivity index (χ1n) is 9.87. The number of rotatable bonds is 6. The number of aromatic nitrogens is 1. The van der Waals surface area contributed by atoms with E-state index >= 15 is 0 Å². The molecule has 1 aromatic heterocycles. The van der Waals surface area contributed by atoms with Gasteiger partial charge in [0.25, 0.3) is 0 Å². The van der Waals surface area contributed by atoms with Crippen molar-refractivity contribution in [3.63, 3.8) is 0 Å². The summed E-state index contributed by atoms with van der Waals surface area (Å²) in [6, 6.07) is 13.7. The molecule has 144 valence electrons. The van der Waals surface area contributed by atoms with Gasteiger partial charge in [-0.2, -0.15) is 0 Å². The molecule has 27 heavy (non-hydrogen) atoms. The van der Waals surface area contributed by atoms with Gasteiger partial charge in [0, 0.05) is 50.9 Å². The van der Waals surface area contributed by atoms with Crippen LogP contribution in [0.2, 0.25) is 0 Å². The molecule has 0 saturated carbocycles. The number of hydrogen-bond acceptors (Lipinski definition) is 5. The second-order valence-corrected chi connectivity index (χ2v) is 7.59. The van der Waals surface area contributed by atoms with Crippen LogP contribution in [0, 0.1) is 11.7 Å². The number of benzene rings is 1. The lowest BCUT2D eigenvalue weighted by molar-refractivity contribution is 0.185. The highest BCUT2D eigenvalue weighted by molar-refractivity contribution is 5.21. The fraction of sp³-hybridized carbons (Fsp3) is 0.476. The predicted molar refractivity (Wildman–Crippen MR) is 104 cm³/mol. The molecule has 2 saturated heterocycles. The molecule has 0 amide bonds. The second kappa shape index (κ2) is 8.89. The van der Waals surface area contributed by atoms with Gasteiger partial charge in [0.15, 0.2) is 0 Å². The van der Waals surface area contributed by atoms with Gasteiger partial charge in [0.05, 0.1) is 11.7 Å². The number of hydrogen-bond donors (Lipinski definition) is 3. The highest BCUT2D eigenvalue weighted by Crippen LogP contribution is 2.25. The molecule has 6 heteroatoms. The van der Waals surface area contributed by atoms with Gasteiger partial charge in [0.2, 0.25) is 0 Å². The summed E-state index contributed by atoms with van der Waals surface area (Å²) in [5.41, 5.74) is 8.88. The largest absolute Gasteiger partial charge is 0.313 e. The highest BCUT2D eigenvalue weighted by atomic mass is 19.1. The maximum atomic E-state index is 13.2. The Kier molecular flexibility index (Phi) is 6.09. The quantitative estimate of drug-likeness (QED) is 0.729. The minimum absolute atomic E-state index is 0.183. The van der Waals surface area contributed by atoms with E-state index in [1.807, 2.05) is 24.4 Å². The van der Waals surface area contributed by atoms with E-state index in [1.165, 1.54) is 25.0 Å². The minimum Gasteiger partial charge on any atom is -0.313 e. The Morgan fingerprint density at radius 3 is 2.67 bits per heavy atom. The van der Waals surface area contributed by atoms with Crippen LogP contribution in [0.1, 0.15) is 30.1 Å². The van der Waals surface area contributed by atoms with Crippen molar-refractivity contribution in [3.05, 3.63) is 65.7 Å². The number of piperidine rings is 1. The SMILES string of the molecule is Fc1ccc(C2NNCC2CNC2CCN(Cc3ccccn3)CC2)cc1. The number of likely N-dealkylation sites (tertiary alicyclic amines) is 1. The van der Waals surface area contributed by atoms with Gasteiger partial charge < -0.3 is 5.32 Å². The molecule has 2 atom stereocenters. The van der Waals surface area contributed by atoms with E-state index in [4.69, 9.17) is 0 Å². The van der Waals surface area contributed by atoms with Crippen molar-refractivity contribution in [1.82, 2.24) is 26.1 Å². The standard InChI is InChI=1S/C21H28FN5/c22-18-6-4-16(5-7-18)21-17(14-25-26-21)13-24-19-8-11-27(12-9-19)15-20-3-1-2-10-23-20/h1-7,10,17,19,21,24-26H,8-9,11-15H2. The Morgan fingerprint density at radius 2 is 1.93 bits per heavy atom. The Morgan fingerprint density at radius 1 is 1.11 bits per heavy atom. The molecule has 5 nitrogen and oxygen atoms in total. The average Bonchev–Trinajstić information content (AvgIpc) is 3.17. The summed E-state index contributed by atoms with van der Waals surface area (Å²) in [4.78, 5) is 6.91. The van der Waals surface area contributed by atoms with E-state index in [2.05, 4.69) is 38.2 Å². The molecule has 4 rings (SSSR count). The molecule has 2 aromatic rings. The van der Waals surface area contributed by atoms with Crippen LogP contribution in [0.25, 0.3) is 0 Å².